The molecular formula is C11H9F3INO3. The van der Waals surface area contributed by atoms with Gasteiger partial charge >= 0.3 is 5.97 Å². The number of carbonyl (C=O) groups is 2. The van der Waals surface area contributed by atoms with E-state index in [4.69, 9.17) is 5.11 Å². The third-order valence-electron chi connectivity index (χ3n) is 2.19. The second-order valence-electron chi connectivity index (χ2n) is 3.62. The second kappa shape index (κ2) is 6.73. The van der Waals surface area contributed by atoms with Crippen molar-refractivity contribution in [3.05, 3.63) is 33.1 Å². The Labute approximate surface area is 120 Å². The van der Waals surface area contributed by atoms with Crippen LogP contribution >= 0.6 is 22.6 Å². The second-order valence-corrected chi connectivity index (χ2v) is 4.78. The van der Waals surface area contributed by atoms with Gasteiger partial charge in [-0.2, -0.15) is 0 Å². The molecule has 0 aromatic heterocycles. The van der Waals surface area contributed by atoms with E-state index in [0.29, 0.717) is 0 Å². The molecule has 0 saturated carbocycles. The summed E-state index contributed by atoms with van der Waals surface area (Å²) in [7, 11) is 0. The van der Waals surface area contributed by atoms with Crippen LogP contribution in [0.4, 0.5) is 13.2 Å². The number of aliphatic carboxylic acids is 1. The van der Waals surface area contributed by atoms with E-state index >= 15 is 0 Å². The number of carbonyl (C=O) groups excluding carboxylic acids is 1. The Hall–Kier alpha value is -1.32. The predicted octanol–water partition coefficient (Wildman–Crippen LogP) is 2.27. The molecule has 8 heteroatoms. The Bertz CT molecular complexity index is 496. The Morgan fingerprint density at radius 3 is 2.47 bits per heavy atom. The Morgan fingerprint density at radius 2 is 2.00 bits per heavy atom. The number of halogens is 4. The Kier molecular flexibility index (Phi) is 5.58. The molecule has 0 saturated heterocycles. The highest BCUT2D eigenvalue weighted by atomic mass is 127. The van der Waals surface area contributed by atoms with E-state index in [9.17, 15) is 22.8 Å². The normalized spacial score (nSPS) is 12.3. The van der Waals surface area contributed by atoms with Crippen LogP contribution in [0.5, 0.6) is 0 Å². The third-order valence-corrected chi connectivity index (χ3v) is 3.09. The molecule has 1 rings (SSSR count). The highest BCUT2D eigenvalue weighted by Crippen LogP contribution is 2.14. The molecule has 104 valence electrons. The third kappa shape index (κ3) is 4.69. The number of hydrogen-bond donors (Lipinski definition) is 2. The van der Waals surface area contributed by atoms with Crippen molar-refractivity contribution in [2.45, 2.75) is 18.9 Å². The number of carboxylic acids is 1. The van der Waals surface area contributed by atoms with Crippen molar-refractivity contribution in [1.29, 1.82) is 0 Å². The van der Waals surface area contributed by atoms with Gasteiger partial charge in [0.15, 0.2) is 0 Å². The summed E-state index contributed by atoms with van der Waals surface area (Å²) in [6, 6.07) is 1.58. The summed E-state index contributed by atoms with van der Waals surface area (Å²) in [6.45, 7) is 0. The minimum atomic E-state index is -2.85. The molecule has 0 fully saturated rings. The fraction of sp³-hybridized carbons (Fsp3) is 0.273. The van der Waals surface area contributed by atoms with Crippen molar-refractivity contribution >= 4 is 34.5 Å². The molecule has 4 nitrogen and oxygen atoms in total. The lowest BCUT2D eigenvalue weighted by atomic mass is 10.1. The van der Waals surface area contributed by atoms with Crippen LogP contribution in [-0.4, -0.2) is 29.5 Å². The molecule has 1 atom stereocenters. The lowest BCUT2D eigenvalue weighted by molar-refractivity contribution is -0.140. The van der Waals surface area contributed by atoms with Crippen molar-refractivity contribution in [2.75, 3.05) is 0 Å². The maximum Gasteiger partial charge on any atom is 0.326 e. The first-order valence-corrected chi connectivity index (χ1v) is 6.16. The summed E-state index contributed by atoms with van der Waals surface area (Å²) < 4.78 is 37.4. The molecular weight excluding hydrogens is 378 g/mol. The van der Waals surface area contributed by atoms with Crippen LogP contribution in [0.2, 0.25) is 0 Å². The van der Waals surface area contributed by atoms with Gasteiger partial charge in [0.25, 0.3) is 5.91 Å². The monoisotopic (exact) mass is 387 g/mol. The van der Waals surface area contributed by atoms with Gasteiger partial charge in [-0.05, 0) is 40.8 Å². The van der Waals surface area contributed by atoms with Gasteiger partial charge in [-0.3, -0.25) is 4.79 Å². The lowest BCUT2D eigenvalue weighted by Gasteiger charge is -2.14. The van der Waals surface area contributed by atoms with E-state index in [0.717, 1.165) is 18.2 Å². The quantitative estimate of drug-likeness (QED) is 0.763. The van der Waals surface area contributed by atoms with Gasteiger partial charge in [0, 0.05) is 9.99 Å². The molecule has 1 amide bonds. The van der Waals surface area contributed by atoms with Crippen LogP contribution in [0, 0.1) is 9.39 Å². The van der Waals surface area contributed by atoms with Gasteiger partial charge in [0.1, 0.15) is 11.9 Å². The highest BCUT2D eigenvalue weighted by Gasteiger charge is 2.25. The fourth-order valence-electron chi connectivity index (χ4n) is 1.31. The molecule has 19 heavy (non-hydrogen) atoms. The SMILES string of the molecule is O=C(NC(CC(F)F)C(=O)O)c1ccc(F)cc1I. The summed E-state index contributed by atoms with van der Waals surface area (Å²) >= 11 is 1.69. The molecule has 1 aromatic rings. The molecule has 2 N–H and O–H groups in total. The van der Waals surface area contributed by atoms with Crippen LogP contribution in [0.1, 0.15) is 16.8 Å². The fourth-order valence-corrected chi connectivity index (χ4v) is 2.03. The number of alkyl halides is 2. The summed E-state index contributed by atoms with van der Waals surface area (Å²) in [5.41, 5.74) is 0.0301. The molecule has 1 unspecified atom stereocenters. The van der Waals surface area contributed by atoms with Gasteiger partial charge in [-0.1, -0.05) is 0 Å². The van der Waals surface area contributed by atoms with E-state index < -0.39 is 36.6 Å². The minimum Gasteiger partial charge on any atom is -0.480 e. The van der Waals surface area contributed by atoms with Crippen LogP contribution in [0.25, 0.3) is 0 Å². The van der Waals surface area contributed by atoms with E-state index in [1.165, 1.54) is 0 Å². The highest BCUT2D eigenvalue weighted by molar-refractivity contribution is 14.1. The molecule has 0 aliphatic heterocycles. The maximum atomic E-state index is 12.8. The largest absolute Gasteiger partial charge is 0.480 e. The van der Waals surface area contributed by atoms with E-state index in [1.807, 2.05) is 5.32 Å². The minimum absolute atomic E-state index is 0.0301. The number of hydrogen-bond acceptors (Lipinski definition) is 2. The number of benzene rings is 1. The van der Waals surface area contributed by atoms with Crippen molar-refractivity contribution in [1.82, 2.24) is 5.32 Å². The molecule has 0 bridgehead atoms. The van der Waals surface area contributed by atoms with Crippen LogP contribution in [0.3, 0.4) is 0 Å². The maximum absolute atomic E-state index is 12.8. The summed E-state index contributed by atoms with van der Waals surface area (Å²) in [5.74, 6) is -2.94. The molecule has 0 aliphatic rings. The van der Waals surface area contributed by atoms with Crippen molar-refractivity contribution in [3.8, 4) is 0 Å². The van der Waals surface area contributed by atoms with Crippen molar-refractivity contribution in [2.24, 2.45) is 0 Å². The lowest BCUT2D eigenvalue weighted by Crippen LogP contribution is -2.42. The number of amides is 1. The molecule has 0 heterocycles. The number of carboxylic acid groups (broad SMARTS) is 1. The number of rotatable bonds is 5. The van der Waals surface area contributed by atoms with Gasteiger partial charge in [0.2, 0.25) is 6.43 Å². The Morgan fingerprint density at radius 1 is 1.37 bits per heavy atom. The van der Waals surface area contributed by atoms with Gasteiger partial charge < -0.3 is 10.4 Å². The summed E-state index contributed by atoms with van der Waals surface area (Å²) in [4.78, 5) is 22.5. The van der Waals surface area contributed by atoms with Crippen molar-refractivity contribution in [3.63, 3.8) is 0 Å². The summed E-state index contributed by atoms with van der Waals surface area (Å²) in [5, 5.41) is 10.7. The van der Waals surface area contributed by atoms with Gasteiger partial charge in [0.05, 0.1) is 5.56 Å². The zero-order valence-electron chi connectivity index (χ0n) is 9.37. The summed E-state index contributed by atoms with van der Waals surface area (Å²) in [6.07, 6.45) is -3.84. The molecule has 1 aromatic carbocycles. The first-order chi connectivity index (χ1) is 8.81. The molecule has 0 spiro atoms. The average molecular weight is 387 g/mol. The zero-order valence-corrected chi connectivity index (χ0v) is 11.5. The standard InChI is InChI=1S/C11H9F3INO3/c12-5-1-2-6(7(15)3-5)10(17)16-8(11(18)19)4-9(13)14/h1-3,8-9H,4H2,(H,16,17)(H,18,19). The smallest absolute Gasteiger partial charge is 0.326 e. The van der Waals surface area contributed by atoms with Crippen molar-refractivity contribution < 1.29 is 27.9 Å². The van der Waals surface area contributed by atoms with Gasteiger partial charge in [-0.15, -0.1) is 0 Å². The van der Waals surface area contributed by atoms with E-state index in [1.54, 1.807) is 22.6 Å². The van der Waals surface area contributed by atoms with Crippen LogP contribution < -0.4 is 5.32 Å². The number of nitrogens with one attached hydrogen (secondary N) is 1. The predicted molar refractivity (Wildman–Crippen MR) is 68.6 cm³/mol. The Balaban J connectivity index is 2.84. The topological polar surface area (TPSA) is 66.4 Å². The van der Waals surface area contributed by atoms with E-state index in [2.05, 4.69) is 0 Å². The first kappa shape index (κ1) is 15.7. The molecule has 0 radical (unpaired) electrons. The van der Waals surface area contributed by atoms with E-state index in [-0.39, 0.29) is 9.13 Å². The van der Waals surface area contributed by atoms with Gasteiger partial charge in [-0.25, -0.2) is 18.0 Å². The zero-order chi connectivity index (χ0) is 14.6. The molecule has 0 aliphatic carbocycles. The van der Waals surface area contributed by atoms with Crippen LogP contribution in [-0.2, 0) is 4.79 Å². The van der Waals surface area contributed by atoms with Crippen LogP contribution in [0.15, 0.2) is 18.2 Å². The first-order valence-electron chi connectivity index (χ1n) is 5.08. The average Bonchev–Trinajstić information content (AvgIpc) is 2.26.